The number of aromatic carboxylic acids is 1. The lowest BCUT2D eigenvalue weighted by Crippen LogP contribution is -2.19. The van der Waals surface area contributed by atoms with Gasteiger partial charge in [-0.2, -0.15) is 0 Å². The average Bonchev–Trinajstić information content (AvgIpc) is 2.46. The number of carboxylic acids is 1. The third-order valence-electron chi connectivity index (χ3n) is 3.11. The quantitative estimate of drug-likeness (QED) is 0.903. The Balaban J connectivity index is 2.18. The van der Waals surface area contributed by atoms with Crippen molar-refractivity contribution in [1.82, 2.24) is 0 Å². The van der Waals surface area contributed by atoms with Gasteiger partial charge < -0.3 is 10.4 Å². The molecule has 2 rings (SSSR count). The second-order valence-corrected chi connectivity index (χ2v) is 5.09. The number of carbonyl (C=O) groups is 2. The lowest BCUT2D eigenvalue weighted by Gasteiger charge is -2.13. The molecule has 0 radical (unpaired) electrons. The molecule has 0 saturated heterocycles. The number of benzene rings is 2. The maximum atomic E-state index is 12.2. The SMILES string of the molecule is CC(C(=O)Nc1cc(Cl)cc(C(=O)O)c1)c1ccccc1. The molecule has 0 aliphatic carbocycles. The highest BCUT2D eigenvalue weighted by Gasteiger charge is 2.16. The van der Waals surface area contributed by atoms with Crippen LogP contribution in [0.3, 0.4) is 0 Å². The van der Waals surface area contributed by atoms with Crippen molar-refractivity contribution >= 4 is 29.2 Å². The predicted octanol–water partition coefficient (Wildman–Crippen LogP) is 3.78. The van der Waals surface area contributed by atoms with Gasteiger partial charge in [-0.25, -0.2) is 4.79 Å². The monoisotopic (exact) mass is 303 g/mol. The van der Waals surface area contributed by atoms with Gasteiger partial charge >= 0.3 is 5.97 Å². The molecule has 0 saturated carbocycles. The first kappa shape index (κ1) is 15.1. The summed E-state index contributed by atoms with van der Waals surface area (Å²) in [5, 5.41) is 11.9. The van der Waals surface area contributed by atoms with E-state index < -0.39 is 5.97 Å². The summed E-state index contributed by atoms with van der Waals surface area (Å²) in [6.07, 6.45) is 0. The maximum absolute atomic E-state index is 12.2. The third kappa shape index (κ3) is 3.83. The minimum Gasteiger partial charge on any atom is -0.478 e. The summed E-state index contributed by atoms with van der Waals surface area (Å²) in [5.41, 5.74) is 1.29. The van der Waals surface area contributed by atoms with Crippen molar-refractivity contribution in [3.05, 3.63) is 64.7 Å². The Morgan fingerprint density at radius 3 is 2.43 bits per heavy atom. The molecule has 0 fully saturated rings. The first-order valence-corrected chi connectivity index (χ1v) is 6.75. The Hall–Kier alpha value is -2.33. The van der Waals surface area contributed by atoms with Crippen LogP contribution in [0.25, 0.3) is 0 Å². The van der Waals surface area contributed by atoms with E-state index >= 15 is 0 Å². The van der Waals surface area contributed by atoms with Crippen LogP contribution in [-0.4, -0.2) is 17.0 Å². The fraction of sp³-hybridized carbons (Fsp3) is 0.125. The molecule has 0 aliphatic heterocycles. The zero-order chi connectivity index (χ0) is 15.4. The molecule has 21 heavy (non-hydrogen) atoms. The summed E-state index contributed by atoms with van der Waals surface area (Å²) in [6, 6.07) is 13.6. The Morgan fingerprint density at radius 1 is 1.14 bits per heavy atom. The van der Waals surface area contributed by atoms with E-state index in [1.165, 1.54) is 18.2 Å². The van der Waals surface area contributed by atoms with E-state index in [0.29, 0.717) is 5.69 Å². The number of anilines is 1. The topological polar surface area (TPSA) is 66.4 Å². The van der Waals surface area contributed by atoms with Crippen LogP contribution in [0.5, 0.6) is 0 Å². The van der Waals surface area contributed by atoms with Crippen LogP contribution < -0.4 is 5.32 Å². The van der Waals surface area contributed by atoms with Gasteiger partial charge in [0, 0.05) is 10.7 Å². The average molecular weight is 304 g/mol. The van der Waals surface area contributed by atoms with Gasteiger partial charge in [-0.05, 0) is 30.7 Å². The molecule has 1 unspecified atom stereocenters. The molecular weight excluding hydrogens is 290 g/mol. The first-order valence-electron chi connectivity index (χ1n) is 6.37. The van der Waals surface area contributed by atoms with Gasteiger partial charge in [0.25, 0.3) is 0 Å². The van der Waals surface area contributed by atoms with Crippen LogP contribution >= 0.6 is 11.6 Å². The van der Waals surface area contributed by atoms with E-state index in [1.54, 1.807) is 6.92 Å². The first-order chi connectivity index (χ1) is 9.97. The Labute approximate surface area is 127 Å². The van der Waals surface area contributed by atoms with Crippen LogP contribution in [-0.2, 0) is 4.79 Å². The van der Waals surface area contributed by atoms with Gasteiger partial charge in [0.15, 0.2) is 0 Å². The third-order valence-corrected chi connectivity index (χ3v) is 3.32. The summed E-state index contributed by atoms with van der Waals surface area (Å²) in [6.45, 7) is 1.79. The molecule has 0 bridgehead atoms. The molecule has 2 aromatic rings. The molecule has 0 aromatic heterocycles. The smallest absolute Gasteiger partial charge is 0.335 e. The molecule has 1 amide bonds. The summed E-state index contributed by atoms with van der Waals surface area (Å²) in [7, 11) is 0. The maximum Gasteiger partial charge on any atom is 0.335 e. The van der Waals surface area contributed by atoms with Crippen LogP contribution in [0, 0.1) is 0 Å². The normalized spacial score (nSPS) is 11.7. The standard InChI is InChI=1S/C16H14ClNO3/c1-10(11-5-3-2-4-6-11)15(19)18-14-8-12(16(20)21)7-13(17)9-14/h2-10H,1H3,(H,18,19)(H,20,21). The van der Waals surface area contributed by atoms with E-state index in [9.17, 15) is 9.59 Å². The van der Waals surface area contributed by atoms with Crippen molar-refractivity contribution < 1.29 is 14.7 Å². The van der Waals surface area contributed by atoms with E-state index in [2.05, 4.69) is 5.32 Å². The Bertz CT molecular complexity index is 670. The minimum atomic E-state index is -1.09. The highest BCUT2D eigenvalue weighted by atomic mass is 35.5. The van der Waals surface area contributed by atoms with Gasteiger partial charge in [0.1, 0.15) is 0 Å². The Morgan fingerprint density at radius 2 is 1.81 bits per heavy atom. The number of hydrogen-bond acceptors (Lipinski definition) is 2. The minimum absolute atomic E-state index is 0.0326. The number of amides is 1. The van der Waals surface area contributed by atoms with E-state index in [4.69, 9.17) is 16.7 Å². The van der Waals surface area contributed by atoms with Gasteiger partial charge in [0.05, 0.1) is 11.5 Å². The number of hydrogen-bond donors (Lipinski definition) is 2. The summed E-state index contributed by atoms with van der Waals surface area (Å²) in [4.78, 5) is 23.2. The summed E-state index contributed by atoms with van der Waals surface area (Å²) < 4.78 is 0. The van der Waals surface area contributed by atoms with Gasteiger partial charge in [0.2, 0.25) is 5.91 Å². The highest BCUT2D eigenvalue weighted by Crippen LogP contribution is 2.22. The second-order valence-electron chi connectivity index (χ2n) is 4.66. The lowest BCUT2D eigenvalue weighted by molar-refractivity contribution is -0.117. The van der Waals surface area contributed by atoms with E-state index in [0.717, 1.165) is 5.56 Å². The number of nitrogens with one attached hydrogen (secondary N) is 1. The van der Waals surface area contributed by atoms with Crippen molar-refractivity contribution in [2.45, 2.75) is 12.8 Å². The molecule has 1 atom stereocenters. The fourth-order valence-corrected chi connectivity index (χ4v) is 2.16. The zero-order valence-corrected chi connectivity index (χ0v) is 12.1. The predicted molar refractivity (Wildman–Crippen MR) is 81.9 cm³/mol. The van der Waals surface area contributed by atoms with Crippen molar-refractivity contribution in [2.75, 3.05) is 5.32 Å². The highest BCUT2D eigenvalue weighted by molar-refractivity contribution is 6.31. The summed E-state index contributed by atoms with van der Waals surface area (Å²) in [5.74, 6) is -1.66. The number of carboxylic acid groups (broad SMARTS) is 1. The molecule has 0 spiro atoms. The molecule has 2 N–H and O–H groups in total. The number of carbonyl (C=O) groups excluding carboxylic acids is 1. The second kappa shape index (κ2) is 6.41. The van der Waals surface area contributed by atoms with Crippen LogP contribution in [0.15, 0.2) is 48.5 Å². The fourth-order valence-electron chi connectivity index (χ4n) is 1.93. The van der Waals surface area contributed by atoms with Crippen molar-refractivity contribution in [3.8, 4) is 0 Å². The van der Waals surface area contributed by atoms with Gasteiger partial charge in [-0.15, -0.1) is 0 Å². The summed E-state index contributed by atoms with van der Waals surface area (Å²) >= 11 is 5.86. The molecular formula is C16H14ClNO3. The molecule has 108 valence electrons. The largest absolute Gasteiger partial charge is 0.478 e. The number of halogens is 1. The lowest BCUT2D eigenvalue weighted by atomic mass is 10.0. The van der Waals surface area contributed by atoms with Crippen molar-refractivity contribution in [2.24, 2.45) is 0 Å². The molecule has 0 aliphatic rings. The molecule has 2 aromatic carbocycles. The number of rotatable bonds is 4. The Kier molecular flexibility index (Phi) is 4.60. The molecule has 4 nitrogen and oxygen atoms in total. The molecule has 5 heteroatoms. The van der Waals surface area contributed by atoms with Gasteiger partial charge in [-0.3, -0.25) is 4.79 Å². The van der Waals surface area contributed by atoms with Crippen molar-refractivity contribution in [1.29, 1.82) is 0 Å². The van der Waals surface area contributed by atoms with E-state index in [-0.39, 0.29) is 22.4 Å². The van der Waals surface area contributed by atoms with Crippen LogP contribution in [0.4, 0.5) is 5.69 Å². The van der Waals surface area contributed by atoms with E-state index in [1.807, 2.05) is 30.3 Å². The zero-order valence-electron chi connectivity index (χ0n) is 11.3. The van der Waals surface area contributed by atoms with Crippen LogP contribution in [0.1, 0.15) is 28.8 Å². The van der Waals surface area contributed by atoms with Crippen LogP contribution in [0.2, 0.25) is 5.02 Å². The van der Waals surface area contributed by atoms with Gasteiger partial charge in [-0.1, -0.05) is 41.9 Å². The molecule has 0 heterocycles. The van der Waals surface area contributed by atoms with Crippen molar-refractivity contribution in [3.63, 3.8) is 0 Å².